The molecule has 0 aromatic heterocycles. The van der Waals surface area contributed by atoms with Crippen LogP contribution in [0.4, 0.5) is 0 Å². The van der Waals surface area contributed by atoms with Crippen LogP contribution in [-0.4, -0.2) is 92.4 Å². The Kier molecular flexibility index (Phi) is 34.9. The molecule has 0 saturated heterocycles. The molecule has 0 rings (SSSR count). The minimum atomic E-state index is -1.79. The Balaban J connectivity index is 4.27. The molecule has 10 nitrogen and oxygen atoms in total. The monoisotopic (exact) mass is 743 g/mol. The van der Waals surface area contributed by atoms with E-state index in [1.165, 1.54) is 38.5 Å². The Bertz CT molecular complexity index is 879. The number of hydrogen-bond acceptors (Lipinski definition) is 10. The van der Waals surface area contributed by atoms with Gasteiger partial charge in [0.2, 0.25) is 0 Å². The topological polar surface area (TPSA) is 174 Å². The molecule has 0 aromatic rings. The van der Waals surface area contributed by atoms with E-state index in [1.807, 2.05) is 0 Å². The zero-order valence-corrected chi connectivity index (χ0v) is 32.9. The van der Waals surface area contributed by atoms with Crippen molar-refractivity contribution in [3.05, 3.63) is 24.3 Å². The standard InChI is InChI=1S/C42H78O10/c1-3-5-7-21-27-35(44)29-23-17-13-9-11-15-19-25-31-39(47)51-34-38(42(50)41(49)37(46)33-43)52-40(48)32-26-20-16-12-10-14-18-24-30-36(45)28-22-8-6-4-2/h17-18,23-24,35-38,41-46,49-50H,3-16,19-22,25-34H2,1-2H3/t35-,36-,37-,38+,41-,42-/m1/s1. The quantitative estimate of drug-likeness (QED) is 0.0212. The lowest BCUT2D eigenvalue weighted by Crippen LogP contribution is -2.49. The van der Waals surface area contributed by atoms with Gasteiger partial charge in [-0.15, -0.1) is 0 Å². The summed E-state index contributed by atoms with van der Waals surface area (Å²) >= 11 is 0. The highest BCUT2D eigenvalue weighted by atomic mass is 16.6. The molecule has 306 valence electrons. The summed E-state index contributed by atoms with van der Waals surface area (Å²) < 4.78 is 10.6. The lowest BCUT2D eigenvalue weighted by molar-refractivity contribution is -0.178. The molecule has 0 aliphatic heterocycles. The number of aliphatic hydroxyl groups excluding tert-OH is 6. The van der Waals surface area contributed by atoms with Crippen LogP contribution in [0.1, 0.15) is 181 Å². The van der Waals surface area contributed by atoms with Gasteiger partial charge in [0.15, 0.2) is 6.10 Å². The van der Waals surface area contributed by atoms with Crippen LogP contribution in [0, 0.1) is 0 Å². The first-order chi connectivity index (χ1) is 25.2. The van der Waals surface area contributed by atoms with Crippen molar-refractivity contribution in [3.63, 3.8) is 0 Å². The summed E-state index contributed by atoms with van der Waals surface area (Å²) in [5.74, 6) is -1.11. The number of esters is 2. The summed E-state index contributed by atoms with van der Waals surface area (Å²) in [5.41, 5.74) is 0. The van der Waals surface area contributed by atoms with Crippen LogP contribution in [0.15, 0.2) is 24.3 Å². The molecule has 0 unspecified atom stereocenters. The van der Waals surface area contributed by atoms with Gasteiger partial charge in [-0.25, -0.2) is 0 Å². The summed E-state index contributed by atoms with van der Waals surface area (Å²) in [6.45, 7) is 3.09. The summed E-state index contributed by atoms with van der Waals surface area (Å²) in [6, 6.07) is 0. The predicted octanol–water partition coefficient (Wildman–Crippen LogP) is 7.53. The van der Waals surface area contributed by atoms with Crippen LogP contribution in [0.25, 0.3) is 0 Å². The van der Waals surface area contributed by atoms with Crippen molar-refractivity contribution in [1.29, 1.82) is 0 Å². The molecule has 6 atom stereocenters. The molecule has 0 spiro atoms. The Hall–Kier alpha value is -1.82. The number of unbranched alkanes of at least 4 members (excludes halogenated alkanes) is 16. The number of allylic oxidation sites excluding steroid dienone is 2. The van der Waals surface area contributed by atoms with Gasteiger partial charge in [-0.3, -0.25) is 9.59 Å². The number of aliphatic hydroxyl groups is 6. The molecule has 0 heterocycles. The van der Waals surface area contributed by atoms with Crippen molar-refractivity contribution >= 4 is 11.9 Å². The van der Waals surface area contributed by atoms with Crippen LogP contribution in [-0.2, 0) is 19.1 Å². The molecule has 0 aliphatic rings. The molecule has 0 amide bonds. The fraction of sp³-hybridized carbons (Fsp3) is 0.857. The van der Waals surface area contributed by atoms with Crippen molar-refractivity contribution in [2.24, 2.45) is 0 Å². The molecule has 0 aliphatic carbocycles. The summed E-state index contributed by atoms with van der Waals surface area (Å²) in [5, 5.41) is 59.8. The molecule has 0 radical (unpaired) electrons. The zero-order valence-electron chi connectivity index (χ0n) is 32.9. The van der Waals surface area contributed by atoms with Gasteiger partial charge in [-0.1, -0.05) is 128 Å². The van der Waals surface area contributed by atoms with Crippen molar-refractivity contribution in [1.82, 2.24) is 0 Å². The average molecular weight is 743 g/mol. The van der Waals surface area contributed by atoms with Crippen LogP contribution < -0.4 is 0 Å². The maximum Gasteiger partial charge on any atom is 0.306 e. The summed E-state index contributed by atoms with van der Waals surface area (Å²) in [4.78, 5) is 24.9. The van der Waals surface area contributed by atoms with E-state index >= 15 is 0 Å². The van der Waals surface area contributed by atoms with Crippen LogP contribution in [0.2, 0.25) is 0 Å². The second-order valence-corrected chi connectivity index (χ2v) is 14.5. The second-order valence-electron chi connectivity index (χ2n) is 14.5. The molecule has 0 fully saturated rings. The van der Waals surface area contributed by atoms with E-state index in [2.05, 4.69) is 38.2 Å². The van der Waals surface area contributed by atoms with Gasteiger partial charge in [0.25, 0.3) is 0 Å². The first kappa shape index (κ1) is 50.2. The Morgan fingerprint density at radius 3 is 1.46 bits per heavy atom. The lowest BCUT2D eigenvalue weighted by atomic mass is 10.0. The second kappa shape index (κ2) is 36.2. The fourth-order valence-electron chi connectivity index (χ4n) is 5.95. The molecule has 52 heavy (non-hydrogen) atoms. The predicted molar refractivity (Wildman–Crippen MR) is 208 cm³/mol. The molecule has 6 N–H and O–H groups in total. The van der Waals surface area contributed by atoms with E-state index in [9.17, 15) is 40.2 Å². The van der Waals surface area contributed by atoms with Crippen molar-refractivity contribution in [2.45, 2.75) is 217 Å². The van der Waals surface area contributed by atoms with Crippen molar-refractivity contribution < 1.29 is 49.7 Å². The minimum absolute atomic E-state index is 0.0999. The van der Waals surface area contributed by atoms with E-state index < -0.39 is 49.6 Å². The van der Waals surface area contributed by atoms with E-state index in [0.29, 0.717) is 25.7 Å². The van der Waals surface area contributed by atoms with Crippen LogP contribution in [0.5, 0.6) is 0 Å². The first-order valence-electron chi connectivity index (χ1n) is 20.8. The van der Waals surface area contributed by atoms with E-state index in [-0.39, 0.29) is 25.0 Å². The van der Waals surface area contributed by atoms with E-state index in [1.54, 1.807) is 0 Å². The molecular weight excluding hydrogens is 664 g/mol. The SMILES string of the molecule is CCCCCC[C@@H](O)CC=CCCCCCCCC(=O)OC[C@H](OC(=O)CCCCCCCC=CC[C@H](O)CCCCCC)[C@@H](O)[C@H](O)[C@H](O)CO. The summed E-state index contributed by atoms with van der Waals surface area (Å²) in [7, 11) is 0. The Morgan fingerprint density at radius 1 is 0.538 bits per heavy atom. The van der Waals surface area contributed by atoms with Crippen molar-refractivity contribution in [2.75, 3.05) is 13.2 Å². The Labute approximate surface area is 316 Å². The number of rotatable bonds is 37. The Morgan fingerprint density at radius 2 is 0.981 bits per heavy atom. The van der Waals surface area contributed by atoms with E-state index in [4.69, 9.17) is 9.47 Å². The van der Waals surface area contributed by atoms with E-state index in [0.717, 1.165) is 89.9 Å². The fourth-order valence-corrected chi connectivity index (χ4v) is 5.95. The van der Waals surface area contributed by atoms with Gasteiger partial charge in [0.1, 0.15) is 24.9 Å². The van der Waals surface area contributed by atoms with Gasteiger partial charge < -0.3 is 40.1 Å². The highest BCUT2D eigenvalue weighted by Crippen LogP contribution is 2.15. The van der Waals surface area contributed by atoms with Gasteiger partial charge in [-0.2, -0.15) is 0 Å². The minimum Gasteiger partial charge on any atom is -0.462 e. The third-order valence-electron chi connectivity index (χ3n) is 9.44. The average Bonchev–Trinajstić information content (AvgIpc) is 3.14. The molecule has 0 bridgehead atoms. The normalized spacial score (nSPS) is 15.5. The van der Waals surface area contributed by atoms with Gasteiger partial charge in [0.05, 0.1) is 18.8 Å². The lowest BCUT2D eigenvalue weighted by Gasteiger charge is -2.28. The van der Waals surface area contributed by atoms with Crippen LogP contribution in [0.3, 0.4) is 0 Å². The van der Waals surface area contributed by atoms with Gasteiger partial charge in [0, 0.05) is 12.8 Å². The number of hydrogen-bond donors (Lipinski definition) is 6. The first-order valence-corrected chi connectivity index (χ1v) is 20.8. The number of ether oxygens (including phenoxy) is 2. The van der Waals surface area contributed by atoms with Crippen molar-refractivity contribution in [3.8, 4) is 0 Å². The molecular formula is C42H78O10. The smallest absolute Gasteiger partial charge is 0.306 e. The highest BCUT2D eigenvalue weighted by molar-refractivity contribution is 5.70. The third-order valence-corrected chi connectivity index (χ3v) is 9.44. The largest absolute Gasteiger partial charge is 0.462 e. The third kappa shape index (κ3) is 30.6. The maximum absolute atomic E-state index is 12.6. The highest BCUT2D eigenvalue weighted by Gasteiger charge is 2.34. The summed E-state index contributed by atoms with van der Waals surface area (Å²) in [6.07, 6.45) is 24.9. The molecule has 10 heteroatoms. The van der Waals surface area contributed by atoms with Crippen LogP contribution >= 0.6 is 0 Å². The number of carbonyl (C=O) groups excluding carboxylic acids is 2. The zero-order chi connectivity index (χ0) is 38.7. The van der Waals surface area contributed by atoms with Gasteiger partial charge >= 0.3 is 11.9 Å². The number of carbonyl (C=O) groups is 2. The molecule has 0 aromatic carbocycles. The van der Waals surface area contributed by atoms with Gasteiger partial charge in [-0.05, 0) is 64.2 Å². The maximum atomic E-state index is 12.6. The molecule has 0 saturated carbocycles.